The van der Waals surface area contributed by atoms with Crippen LogP contribution in [0.15, 0.2) is 93.3 Å². The number of carbonyl (C=O) groups is 1. The van der Waals surface area contributed by atoms with E-state index in [9.17, 15) is 28.4 Å². The quantitative estimate of drug-likeness (QED) is 0.143. The third-order valence-electron chi connectivity index (χ3n) is 5.00. The number of halogens is 1. The van der Waals surface area contributed by atoms with E-state index >= 15 is 0 Å². The molecule has 0 unspecified atom stereocenters. The second kappa shape index (κ2) is 10.5. The fraction of sp³-hybridized carbons (Fsp3) is 0. The van der Waals surface area contributed by atoms with Crippen LogP contribution >= 0.6 is 11.6 Å². The highest BCUT2D eigenvalue weighted by Gasteiger charge is 2.24. The van der Waals surface area contributed by atoms with Gasteiger partial charge in [0.2, 0.25) is 0 Å². The summed E-state index contributed by atoms with van der Waals surface area (Å²) in [6.07, 6.45) is 1.30. The first-order valence-electron chi connectivity index (χ1n) is 10.4. The molecular weight excluding hydrogens is 524 g/mol. The lowest BCUT2D eigenvalue weighted by molar-refractivity contribution is -0.385. The molecule has 0 bridgehead atoms. The number of anilines is 2. The molecule has 0 radical (unpaired) electrons. The van der Waals surface area contributed by atoms with Crippen LogP contribution in [0.5, 0.6) is 0 Å². The number of hydrogen-bond acceptors (Lipinski definition) is 8. The Morgan fingerprint density at radius 2 is 1.76 bits per heavy atom. The number of carboxylic acid groups (broad SMARTS) is 1. The zero-order valence-electron chi connectivity index (χ0n) is 18.7. The lowest BCUT2D eigenvalue weighted by Crippen LogP contribution is -2.17. The van der Waals surface area contributed by atoms with E-state index in [4.69, 9.17) is 16.0 Å². The predicted molar refractivity (Wildman–Crippen MR) is 138 cm³/mol. The summed E-state index contributed by atoms with van der Waals surface area (Å²) >= 11 is 5.90. The molecule has 1 heterocycles. The first-order chi connectivity index (χ1) is 17.6. The smallest absolute Gasteiger partial charge is 0.337 e. The van der Waals surface area contributed by atoms with Gasteiger partial charge in [-0.2, -0.15) is 5.10 Å². The van der Waals surface area contributed by atoms with E-state index < -0.39 is 31.5 Å². The van der Waals surface area contributed by atoms with Gasteiger partial charge in [0.1, 0.15) is 16.4 Å². The summed E-state index contributed by atoms with van der Waals surface area (Å²) in [5.74, 6) is -0.452. The highest BCUT2D eigenvalue weighted by molar-refractivity contribution is 7.93. The Balaban J connectivity index is 1.61. The van der Waals surface area contributed by atoms with Gasteiger partial charge in [0.25, 0.3) is 15.7 Å². The van der Waals surface area contributed by atoms with Crippen LogP contribution in [0, 0.1) is 10.1 Å². The van der Waals surface area contributed by atoms with Gasteiger partial charge in [0.15, 0.2) is 0 Å². The lowest BCUT2D eigenvalue weighted by atomic mass is 10.2. The van der Waals surface area contributed by atoms with Crippen LogP contribution in [0.1, 0.15) is 16.1 Å². The minimum absolute atomic E-state index is 0.0911. The summed E-state index contributed by atoms with van der Waals surface area (Å²) in [6, 6.07) is 18.8. The topological polar surface area (TPSA) is 164 Å². The van der Waals surface area contributed by atoms with Crippen molar-refractivity contribution in [3.8, 4) is 11.3 Å². The van der Waals surface area contributed by atoms with E-state index in [1.54, 1.807) is 36.4 Å². The minimum atomic E-state index is -4.47. The van der Waals surface area contributed by atoms with Crippen molar-refractivity contribution >= 4 is 50.9 Å². The number of nitro benzene ring substituents is 1. The summed E-state index contributed by atoms with van der Waals surface area (Å²) < 4.78 is 34.2. The second-order valence-electron chi connectivity index (χ2n) is 7.47. The third-order valence-corrected chi connectivity index (χ3v) is 6.66. The number of nitrogens with one attached hydrogen (secondary N) is 2. The van der Waals surface area contributed by atoms with E-state index in [0.717, 1.165) is 17.7 Å². The average Bonchev–Trinajstić information content (AvgIpc) is 3.33. The standard InChI is InChI=1S/C24H17ClN4O7S/c25-16-7-5-15(6-8-16)22-12-10-18(36-22)14-26-27-21-11-9-17(29(32)33)13-23(21)37(34,35)28-20-4-2-1-3-19(20)24(30)31/h1-14,27-28H,(H,30,31)/b26-14-. The molecule has 0 aliphatic heterocycles. The monoisotopic (exact) mass is 540 g/mol. The Hall–Kier alpha value is -4.68. The number of furan rings is 1. The average molecular weight is 541 g/mol. The maximum absolute atomic E-state index is 13.1. The van der Waals surface area contributed by atoms with Crippen molar-refractivity contribution in [1.82, 2.24) is 0 Å². The molecule has 0 atom stereocenters. The molecule has 0 amide bonds. The van der Waals surface area contributed by atoms with E-state index in [1.807, 2.05) is 0 Å². The molecule has 0 fully saturated rings. The van der Waals surface area contributed by atoms with Gasteiger partial charge in [-0.3, -0.25) is 20.3 Å². The summed E-state index contributed by atoms with van der Waals surface area (Å²) in [6.45, 7) is 0. The number of nitro groups is 1. The van der Waals surface area contributed by atoms with Gasteiger partial charge in [-0.05, 0) is 54.6 Å². The molecule has 1 aromatic heterocycles. The van der Waals surface area contributed by atoms with Crippen molar-refractivity contribution in [2.45, 2.75) is 4.90 Å². The Bertz CT molecular complexity index is 1620. The lowest BCUT2D eigenvalue weighted by Gasteiger charge is -2.13. The van der Waals surface area contributed by atoms with Crippen molar-refractivity contribution in [1.29, 1.82) is 0 Å². The van der Waals surface area contributed by atoms with E-state index in [0.29, 0.717) is 16.5 Å². The molecule has 0 aliphatic rings. The number of aromatic carboxylic acids is 1. The number of para-hydroxylation sites is 1. The zero-order chi connectivity index (χ0) is 26.6. The Kier molecular flexibility index (Phi) is 7.22. The number of carboxylic acids is 1. The number of benzene rings is 3. The fourth-order valence-electron chi connectivity index (χ4n) is 3.25. The Morgan fingerprint density at radius 3 is 2.46 bits per heavy atom. The van der Waals surface area contributed by atoms with Crippen LogP contribution in [0.3, 0.4) is 0 Å². The molecule has 0 saturated heterocycles. The van der Waals surface area contributed by atoms with E-state index in [1.165, 1.54) is 36.5 Å². The first-order valence-corrected chi connectivity index (χ1v) is 12.3. The molecule has 3 N–H and O–H groups in total. The third kappa shape index (κ3) is 5.94. The van der Waals surface area contributed by atoms with Crippen molar-refractivity contribution < 1.29 is 27.7 Å². The number of sulfonamides is 1. The van der Waals surface area contributed by atoms with Crippen molar-refractivity contribution in [3.05, 3.63) is 105 Å². The number of nitrogens with zero attached hydrogens (tertiary/aromatic N) is 2. The molecule has 4 aromatic rings. The van der Waals surface area contributed by atoms with Crippen LogP contribution in [0.25, 0.3) is 11.3 Å². The van der Waals surface area contributed by atoms with Gasteiger partial charge < -0.3 is 9.52 Å². The summed E-state index contributed by atoms with van der Waals surface area (Å²) in [5.41, 5.74) is 2.26. The highest BCUT2D eigenvalue weighted by atomic mass is 35.5. The van der Waals surface area contributed by atoms with Gasteiger partial charge in [-0.1, -0.05) is 23.7 Å². The molecule has 3 aromatic carbocycles. The minimum Gasteiger partial charge on any atom is -0.478 e. The summed E-state index contributed by atoms with van der Waals surface area (Å²) in [5, 5.41) is 25.2. The SMILES string of the molecule is O=C(O)c1ccccc1NS(=O)(=O)c1cc([N+](=O)[O-])ccc1N/N=C\c1ccc(-c2ccc(Cl)cc2)o1. The second-order valence-corrected chi connectivity index (χ2v) is 9.56. The van der Waals surface area contributed by atoms with Crippen LogP contribution in [-0.2, 0) is 10.0 Å². The van der Waals surface area contributed by atoms with Gasteiger partial charge in [0.05, 0.1) is 28.1 Å². The van der Waals surface area contributed by atoms with Crippen LogP contribution in [0.2, 0.25) is 5.02 Å². The van der Waals surface area contributed by atoms with Gasteiger partial charge in [0, 0.05) is 22.7 Å². The van der Waals surface area contributed by atoms with Gasteiger partial charge >= 0.3 is 5.97 Å². The molecule has 0 spiro atoms. The predicted octanol–water partition coefficient (Wildman–Crippen LogP) is 5.45. The van der Waals surface area contributed by atoms with Gasteiger partial charge in [-0.25, -0.2) is 13.2 Å². The molecule has 13 heteroatoms. The molecule has 0 aliphatic carbocycles. The largest absolute Gasteiger partial charge is 0.478 e. The van der Waals surface area contributed by atoms with Crippen molar-refractivity contribution in [2.75, 3.05) is 10.1 Å². The number of hydrazone groups is 1. The first kappa shape index (κ1) is 25.4. The normalized spacial score (nSPS) is 11.4. The van der Waals surface area contributed by atoms with Crippen LogP contribution < -0.4 is 10.1 Å². The Morgan fingerprint density at radius 1 is 1.03 bits per heavy atom. The van der Waals surface area contributed by atoms with Crippen molar-refractivity contribution in [3.63, 3.8) is 0 Å². The molecule has 188 valence electrons. The number of hydrogen-bond donors (Lipinski definition) is 3. The molecule has 4 rings (SSSR count). The highest BCUT2D eigenvalue weighted by Crippen LogP contribution is 2.29. The van der Waals surface area contributed by atoms with Crippen LogP contribution in [0.4, 0.5) is 17.1 Å². The molecular formula is C24H17ClN4O7S. The summed E-state index contributed by atoms with van der Waals surface area (Å²) in [4.78, 5) is 21.5. The zero-order valence-corrected chi connectivity index (χ0v) is 20.2. The molecule has 0 saturated carbocycles. The van der Waals surface area contributed by atoms with Crippen LogP contribution in [-0.4, -0.2) is 30.6 Å². The Labute approximate surface area is 215 Å². The fourth-order valence-corrected chi connectivity index (χ4v) is 4.64. The maximum Gasteiger partial charge on any atom is 0.337 e. The number of non-ortho nitro benzene ring substituents is 1. The van der Waals surface area contributed by atoms with Crippen molar-refractivity contribution in [2.24, 2.45) is 5.10 Å². The van der Waals surface area contributed by atoms with E-state index in [2.05, 4.69) is 15.2 Å². The molecule has 37 heavy (non-hydrogen) atoms. The summed E-state index contributed by atoms with van der Waals surface area (Å²) in [7, 11) is -4.47. The maximum atomic E-state index is 13.1. The van der Waals surface area contributed by atoms with Gasteiger partial charge in [-0.15, -0.1) is 0 Å². The number of rotatable bonds is 9. The molecule has 11 nitrogen and oxygen atoms in total. The van der Waals surface area contributed by atoms with E-state index in [-0.39, 0.29) is 16.9 Å².